The molecule has 0 unspecified atom stereocenters. The molecule has 0 saturated carbocycles. The number of hydrogen-bond donors (Lipinski definition) is 1. The van der Waals surface area contributed by atoms with Crippen LogP contribution in [0.25, 0.3) is 0 Å². The van der Waals surface area contributed by atoms with Crippen LogP contribution in [0.2, 0.25) is 0 Å². The molecule has 0 radical (unpaired) electrons. The van der Waals surface area contributed by atoms with Gasteiger partial charge in [-0.15, -0.1) is 0 Å². The summed E-state index contributed by atoms with van der Waals surface area (Å²) in [6, 6.07) is 10.0. The number of hydrogen-bond acceptors (Lipinski definition) is 1. The van der Waals surface area contributed by atoms with Crippen LogP contribution in [0, 0.1) is 0 Å². The smallest absolute Gasteiger partial charge is 0 e. The minimum Gasteiger partial charge on any atom is -0.323 e. The third-order valence-corrected chi connectivity index (χ3v) is 0.556. The molecule has 0 bridgehead atoms. The summed E-state index contributed by atoms with van der Waals surface area (Å²) in [5.41, 5.74) is 0. The van der Waals surface area contributed by atoms with Gasteiger partial charge in [-0.3, -0.25) is 0 Å². The molecule has 0 heterocycles. The second kappa shape index (κ2) is 10.9. The molecule has 0 fully saturated rings. The Hall–Kier alpha value is 0.0243. The van der Waals surface area contributed by atoms with Crippen LogP contribution >= 0.6 is 0 Å². The van der Waals surface area contributed by atoms with Gasteiger partial charge in [0.1, 0.15) is 0 Å². The molecular weight excluding hydrogens is 146 g/mol. The van der Waals surface area contributed by atoms with Crippen molar-refractivity contribution in [2.75, 3.05) is 14.1 Å². The summed E-state index contributed by atoms with van der Waals surface area (Å²) in [7, 11) is 3.75. The van der Waals surface area contributed by atoms with Crippen molar-refractivity contribution in [3.05, 3.63) is 30.3 Å². The van der Waals surface area contributed by atoms with Crippen molar-refractivity contribution in [3.8, 4) is 0 Å². The van der Waals surface area contributed by atoms with E-state index < -0.39 is 0 Å². The maximum atomic E-state index is 2.75. The Balaban J connectivity index is 0. The van der Waals surface area contributed by atoms with Crippen molar-refractivity contribution in [3.63, 3.8) is 0 Å². The number of rotatable bonds is 0. The molecule has 1 aromatic rings. The van der Waals surface area contributed by atoms with E-state index in [-0.39, 0.29) is 21.7 Å². The fourth-order valence-corrected chi connectivity index (χ4v) is 0.321. The molecular formula is C7H12NTi-. The van der Waals surface area contributed by atoms with Gasteiger partial charge in [0.25, 0.3) is 0 Å². The largest absolute Gasteiger partial charge is 0.323 e. The Bertz CT molecular complexity index is 75.8. The van der Waals surface area contributed by atoms with E-state index in [1.54, 1.807) is 0 Å². The first kappa shape index (κ1) is 11.8. The van der Waals surface area contributed by atoms with Gasteiger partial charge < -0.3 is 5.32 Å². The summed E-state index contributed by atoms with van der Waals surface area (Å²) in [4.78, 5) is 0. The van der Waals surface area contributed by atoms with Crippen molar-refractivity contribution in [1.82, 2.24) is 5.32 Å². The normalized spacial score (nSPS) is 6.44. The molecule has 0 aliphatic carbocycles. The standard InChI is InChI=1S/C5H5.C2H7N.Ti/c1-2-4-5-3-1;1-3-2;/h1-5H;3H,1-2H3;/q-1;;. The van der Waals surface area contributed by atoms with Gasteiger partial charge in [-0.05, 0) is 14.1 Å². The van der Waals surface area contributed by atoms with Crippen molar-refractivity contribution < 1.29 is 21.7 Å². The van der Waals surface area contributed by atoms with Crippen molar-refractivity contribution in [1.29, 1.82) is 0 Å². The Morgan fingerprint density at radius 2 is 1.44 bits per heavy atom. The van der Waals surface area contributed by atoms with E-state index in [4.69, 9.17) is 0 Å². The molecule has 0 atom stereocenters. The maximum Gasteiger partial charge on any atom is 0 e. The van der Waals surface area contributed by atoms with Gasteiger partial charge in [0.05, 0.1) is 0 Å². The molecule has 1 rings (SSSR count). The van der Waals surface area contributed by atoms with Crippen LogP contribution in [0.3, 0.4) is 0 Å². The molecule has 1 nitrogen and oxygen atoms in total. The third kappa shape index (κ3) is 11.5. The van der Waals surface area contributed by atoms with Crippen molar-refractivity contribution >= 4 is 0 Å². The summed E-state index contributed by atoms with van der Waals surface area (Å²) < 4.78 is 0. The molecule has 0 aliphatic heterocycles. The van der Waals surface area contributed by atoms with Crippen molar-refractivity contribution in [2.24, 2.45) is 0 Å². The van der Waals surface area contributed by atoms with E-state index in [0.29, 0.717) is 0 Å². The van der Waals surface area contributed by atoms with Gasteiger partial charge in [-0.1, -0.05) is 0 Å². The van der Waals surface area contributed by atoms with Crippen LogP contribution in [0.5, 0.6) is 0 Å². The fourth-order valence-electron chi connectivity index (χ4n) is 0.321. The minimum absolute atomic E-state index is 0. The van der Waals surface area contributed by atoms with Gasteiger partial charge in [-0.2, -0.15) is 18.2 Å². The second-order valence-electron chi connectivity index (χ2n) is 1.46. The Morgan fingerprint density at radius 3 is 1.56 bits per heavy atom. The third-order valence-electron chi connectivity index (χ3n) is 0.556. The molecule has 9 heavy (non-hydrogen) atoms. The fraction of sp³-hybridized carbons (Fsp3) is 0.286. The predicted octanol–water partition coefficient (Wildman–Crippen LogP) is 1.24. The quantitative estimate of drug-likeness (QED) is 0.442. The van der Waals surface area contributed by atoms with Crippen LogP contribution in [0.1, 0.15) is 0 Å². The summed E-state index contributed by atoms with van der Waals surface area (Å²) in [6.45, 7) is 0. The van der Waals surface area contributed by atoms with Gasteiger partial charge >= 0.3 is 0 Å². The Morgan fingerprint density at radius 1 is 1.11 bits per heavy atom. The molecule has 0 aliphatic rings. The van der Waals surface area contributed by atoms with Crippen molar-refractivity contribution in [2.45, 2.75) is 0 Å². The van der Waals surface area contributed by atoms with Gasteiger partial charge in [0.2, 0.25) is 0 Å². The summed E-state index contributed by atoms with van der Waals surface area (Å²) in [6.07, 6.45) is 0. The summed E-state index contributed by atoms with van der Waals surface area (Å²) in [5.74, 6) is 0. The van der Waals surface area contributed by atoms with Crippen LogP contribution in [0.4, 0.5) is 0 Å². The summed E-state index contributed by atoms with van der Waals surface area (Å²) in [5, 5.41) is 2.75. The van der Waals surface area contributed by atoms with Gasteiger partial charge in [-0.25, -0.2) is 12.1 Å². The average Bonchev–Trinajstić information content (AvgIpc) is 2.17. The van der Waals surface area contributed by atoms with Gasteiger partial charge in [0, 0.05) is 21.7 Å². The Labute approximate surface area is 71.7 Å². The zero-order valence-electron chi connectivity index (χ0n) is 5.89. The molecule has 1 aromatic carbocycles. The van der Waals surface area contributed by atoms with E-state index in [0.717, 1.165) is 0 Å². The first-order valence-electron chi connectivity index (χ1n) is 2.67. The minimum atomic E-state index is 0. The van der Waals surface area contributed by atoms with E-state index in [1.165, 1.54) is 0 Å². The Kier molecular flexibility index (Phi) is 14.3. The van der Waals surface area contributed by atoms with E-state index in [9.17, 15) is 0 Å². The summed E-state index contributed by atoms with van der Waals surface area (Å²) >= 11 is 0. The van der Waals surface area contributed by atoms with Gasteiger partial charge in [0.15, 0.2) is 0 Å². The zero-order valence-corrected chi connectivity index (χ0v) is 7.45. The number of nitrogens with one attached hydrogen (secondary N) is 1. The molecule has 2 heteroatoms. The average molecular weight is 158 g/mol. The molecule has 0 aromatic heterocycles. The van der Waals surface area contributed by atoms with E-state index >= 15 is 0 Å². The van der Waals surface area contributed by atoms with E-state index in [1.807, 2.05) is 44.4 Å². The predicted molar refractivity (Wildman–Crippen MR) is 37.0 cm³/mol. The first-order valence-corrected chi connectivity index (χ1v) is 2.67. The molecule has 0 spiro atoms. The molecule has 1 N–H and O–H groups in total. The van der Waals surface area contributed by atoms with Crippen LogP contribution in [-0.4, -0.2) is 14.1 Å². The molecule has 0 saturated heterocycles. The topological polar surface area (TPSA) is 12.0 Å². The molecule has 0 amide bonds. The monoisotopic (exact) mass is 158 g/mol. The van der Waals surface area contributed by atoms with Crippen LogP contribution in [-0.2, 0) is 21.7 Å². The second-order valence-corrected chi connectivity index (χ2v) is 1.46. The van der Waals surface area contributed by atoms with Crippen LogP contribution in [0.15, 0.2) is 30.3 Å². The van der Waals surface area contributed by atoms with Crippen LogP contribution < -0.4 is 5.32 Å². The molecule has 50 valence electrons. The van der Waals surface area contributed by atoms with E-state index in [2.05, 4.69) is 5.32 Å². The zero-order chi connectivity index (χ0) is 6.24. The SMILES string of the molecule is CNC.[Ti].c1cc[cH-]c1. The maximum absolute atomic E-state index is 2.75. The first-order chi connectivity index (χ1) is 3.91.